The zero-order valence-electron chi connectivity index (χ0n) is 14.5. The lowest BCUT2D eigenvalue weighted by Gasteiger charge is -2.35. The smallest absolute Gasteiger partial charge is 0.335 e. The number of aromatic carboxylic acids is 1. The highest BCUT2D eigenvalue weighted by Crippen LogP contribution is 2.28. The van der Waals surface area contributed by atoms with Crippen molar-refractivity contribution in [2.45, 2.75) is 6.42 Å². The number of piperazine rings is 1. The van der Waals surface area contributed by atoms with E-state index < -0.39 is 5.97 Å². The number of hydrogen-bond donors (Lipinski definition) is 1. The summed E-state index contributed by atoms with van der Waals surface area (Å²) in [7, 11) is 0. The summed E-state index contributed by atoms with van der Waals surface area (Å²) in [6.07, 6.45) is 1.87. The number of nitrogens with zero attached hydrogens (tertiary/aromatic N) is 4. The molecule has 2 aromatic heterocycles. The molecule has 0 radical (unpaired) electrons. The van der Waals surface area contributed by atoms with Gasteiger partial charge in [0.05, 0.1) is 22.2 Å². The fourth-order valence-corrected chi connectivity index (χ4v) is 4.08. The third-order valence-corrected chi connectivity index (χ3v) is 5.61. The molecule has 1 fully saturated rings. The number of fused-ring (bicyclic) bond motifs is 1. The molecule has 1 aliphatic rings. The number of thiophene rings is 1. The van der Waals surface area contributed by atoms with Gasteiger partial charge in [0.1, 0.15) is 12.1 Å². The Morgan fingerprint density at radius 1 is 1.04 bits per heavy atom. The minimum absolute atomic E-state index is 0.0571. The second-order valence-electron chi connectivity index (χ2n) is 6.38. The number of hydrogen-bond acceptors (Lipinski definition) is 6. The van der Waals surface area contributed by atoms with E-state index in [0.717, 1.165) is 34.7 Å². The van der Waals surface area contributed by atoms with Crippen molar-refractivity contribution in [3.05, 3.63) is 53.2 Å². The molecule has 3 heterocycles. The Kier molecular flexibility index (Phi) is 4.72. The minimum Gasteiger partial charge on any atom is -0.478 e. The van der Waals surface area contributed by atoms with Crippen LogP contribution in [0.5, 0.6) is 0 Å². The molecule has 1 N–H and O–H groups in total. The Bertz CT molecular complexity index is 978. The fraction of sp³-hybridized carbons (Fsp3) is 0.263. The van der Waals surface area contributed by atoms with Gasteiger partial charge in [-0.05, 0) is 29.1 Å². The van der Waals surface area contributed by atoms with E-state index in [1.165, 1.54) is 12.1 Å². The van der Waals surface area contributed by atoms with Crippen molar-refractivity contribution < 1.29 is 14.7 Å². The Morgan fingerprint density at radius 2 is 1.78 bits per heavy atom. The summed E-state index contributed by atoms with van der Waals surface area (Å²) in [4.78, 5) is 36.2. The fourth-order valence-electron chi connectivity index (χ4n) is 3.22. The summed E-state index contributed by atoms with van der Waals surface area (Å²) < 4.78 is 1.08. The molecule has 0 spiro atoms. The first-order valence-corrected chi connectivity index (χ1v) is 9.53. The van der Waals surface area contributed by atoms with Gasteiger partial charge in [-0.3, -0.25) is 4.79 Å². The van der Waals surface area contributed by atoms with Gasteiger partial charge in [-0.2, -0.15) is 0 Å². The molecule has 138 valence electrons. The van der Waals surface area contributed by atoms with E-state index in [2.05, 4.69) is 14.9 Å². The van der Waals surface area contributed by atoms with Crippen LogP contribution in [0.2, 0.25) is 0 Å². The predicted octanol–water partition coefficient (Wildman–Crippen LogP) is 2.28. The third-order valence-electron chi connectivity index (χ3n) is 4.71. The first-order chi connectivity index (χ1) is 13.1. The van der Waals surface area contributed by atoms with Crippen LogP contribution in [0.3, 0.4) is 0 Å². The van der Waals surface area contributed by atoms with Gasteiger partial charge in [-0.1, -0.05) is 12.1 Å². The van der Waals surface area contributed by atoms with E-state index in [1.807, 2.05) is 16.3 Å². The largest absolute Gasteiger partial charge is 0.478 e. The van der Waals surface area contributed by atoms with Crippen molar-refractivity contribution in [2.24, 2.45) is 0 Å². The highest BCUT2D eigenvalue weighted by Gasteiger charge is 2.23. The summed E-state index contributed by atoms with van der Waals surface area (Å²) in [6.45, 7) is 2.74. The summed E-state index contributed by atoms with van der Waals surface area (Å²) in [5, 5.41) is 11.0. The molecular weight excluding hydrogens is 364 g/mol. The summed E-state index contributed by atoms with van der Waals surface area (Å²) >= 11 is 1.63. The molecule has 0 saturated carbocycles. The second-order valence-corrected chi connectivity index (χ2v) is 7.30. The average molecular weight is 382 g/mol. The number of carbonyl (C=O) groups excluding carboxylic acids is 1. The van der Waals surface area contributed by atoms with E-state index in [4.69, 9.17) is 5.11 Å². The lowest BCUT2D eigenvalue weighted by atomic mass is 10.1. The molecule has 1 aromatic carbocycles. The van der Waals surface area contributed by atoms with Crippen LogP contribution >= 0.6 is 11.3 Å². The van der Waals surface area contributed by atoms with Crippen LogP contribution in [0.15, 0.2) is 42.0 Å². The summed E-state index contributed by atoms with van der Waals surface area (Å²) in [5.74, 6) is 0.0293. The Labute approximate surface area is 159 Å². The van der Waals surface area contributed by atoms with Gasteiger partial charge in [0.25, 0.3) is 0 Å². The summed E-state index contributed by atoms with van der Waals surface area (Å²) in [6, 6.07) is 8.45. The van der Waals surface area contributed by atoms with Gasteiger partial charge in [0, 0.05) is 26.2 Å². The highest BCUT2D eigenvalue weighted by molar-refractivity contribution is 7.17. The standard InChI is InChI=1S/C19H18N4O3S/c24-16(11-13-1-3-14(4-2-13)19(25)26)22-6-8-23(9-7-22)18-17-15(5-10-27-17)20-12-21-18/h1-5,10,12H,6-9,11H2,(H,25,26). The molecule has 0 bridgehead atoms. The average Bonchev–Trinajstić information content (AvgIpc) is 3.17. The molecule has 1 aliphatic heterocycles. The topological polar surface area (TPSA) is 86.6 Å². The van der Waals surface area contributed by atoms with E-state index in [-0.39, 0.29) is 17.9 Å². The Balaban J connectivity index is 1.38. The van der Waals surface area contributed by atoms with Gasteiger partial charge in [0.2, 0.25) is 5.91 Å². The zero-order chi connectivity index (χ0) is 18.8. The van der Waals surface area contributed by atoms with Crippen LogP contribution in [0.1, 0.15) is 15.9 Å². The Morgan fingerprint density at radius 3 is 2.48 bits per heavy atom. The molecular formula is C19H18N4O3S. The maximum Gasteiger partial charge on any atom is 0.335 e. The molecule has 3 aromatic rings. The van der Waals surface area contributed by atoms with Crippen LogP contribution in [-0.2, 0) is 11.2 Å². The molecule has 1 saturated heterocycles. The number of rotatable bonds is 4. The van der Waals surface area contributed by atoms with Gasteiger partial charge in [0.15, 0.2) is 0 Å². The SMILES string of the molecule is O=C(O)c1ccc(CC(=O)N2CCN(c3ncnc4ccsc34)CC2)cc1. The monoisotopic (exact) mass is 382 g/mol. The molecule has 8 heteroatoms. The molecule has 0 atom stereocenters. The van der Waals surface area contributed by atoms with Crippen LogP contribution in [-0.4, -0.2) is 58.0 Å². The normalized spacial score (nSPS) is 14.5. The van der Waals surface area contributed by atoms with E-state index in [9.17, 15) is 9.59 Å². The molecule has 0 unspecified atom stereocenters. The maximum atomic E-state index is 12.6. The van der Waals surface area contributed by atoms with Crippen molar-refractivity contribution in [2.75, 3.05) is 31.1 Å². The van der Waals surface area contributed by atoms with Crippen molar-refractivity contribution in [1.82, 2.24) is 14.9 Å². The number of amides is 1. The molecule has 4 rings (SSSR count). The number of carboxylic acid groups (broad SMARTS) is 1. The highest BCUT2D eigenvalue weighted by atomic mass is 32.1. The number of benzene rings is 1. The summed E-state index contributed by atoms with van der Waals surface area (Å²) in [5.41, 5.74) is 2.00. The van der Waals surface area contributed by atoms with Crippen molar-refractivity contribution in [1.29, 1.82) is 0 Å². The molecule has 27 heavy (non-hydrogen) atoms. The number of aromatic nitrogens is 2. The van der Waals surface area contributed by atoms with E-state index >= 15 is 0 Å². The van der Waals surface area contributed by atoms with Crippen LogP contribution in [0.25, 0.3) is 10.2 Å². The minimum atomic E-state index is -0.964. The van der Waals surface area contributed by atoms with Gasteiger partial charge >= 0.3 is 5.97 Å². The lowest BCUT2D eigenvalue weighted by molar-refractivity contribution is -0.130. The number of carboxylic acids is 1. The first-order valence-electron chi connectivity index (χ1n) is 8.65. The Hall–Kier alpha value is -3.00. The zero-order valence-corrected chi connectivity index (χ0v) is 15.4. The number of carbonyl (C=O) groups is 2. The lowest BCUT2D eigenvalue weighted by Crippen LogP contribution is -2.49. The molecule has 1 amide bonds. The van der Waals surface area contributed by atoms with Gasteiger partial charge in [-0.25, -0.2) is 14.8 Å². The van der Waals surface area contributed by atoms with E-state index in [1.54, 1.807) is 29.8 Å². The second kappa shape index (κ2) is 7.32. The quantitative estimate of drug-likeness (QED) is 0.745. The van der Waals surface area contributed by atoms with Crippen LogP contribution in [0, 0.1) is 0 Å². The maximum absolute atomic E-state index is 12.6. The van der Waals surface area contributed by atoms with Gasteiger partial charge in [-0.15, -0.1) is 11.3 Å². The van der Waals surface area contributed by atoms with Gasteiger partial charge < -0.3 is 14.9 Å². The van der Waals surface area contributed by atoms with Crippen molar-refractivity contribution in [3.8, 4) is 0 Å². The van der Waals surface area contributed by atoms with E-state index in [0.29, 0.717) is 13.1 Å². The first kappa shape index (κ1) is 17.4. The van der Waals surface area contributed by atoms with Crippen molar-refractivity contribution >= 4 is 39.2 Å². The molecule has 7 nitrogen and oxygen atoms in total. The van der Waals surface area contributed by atoms with Crippen molar-refractivity contribution in [3.63, 3.8) is 0 Å². The number of anilines is 1. The molecule has 0 aliphatic carbocycles. The third kappa shape index (κ3) is 3.61. The van der Waals surface area contributed by atoms with Crippen LogP contribution < -0.4 is 4.90 Å². The predicted molar refractivity (Wildman–Crippen MR) is 103 cm³/mol. The van der Waals surface area contributed by atoms with Crippen LogP contribution in [0.4, 0.5) is 5.82 Å².